The van der Waals surface area contributed by atoms with Gasteiger partial charge >= 0.3 is 0 Å². The first-order valence-corrected chi connectivity index (χ1v) is 6.72. The van der Waals surface area contributed by atoms with Crippen LogP contribution in [0.5, 0.6) is 0 Å². The molecule has 0 aliphatic carbocycles. The lowest BCUT2D eigenvalue weighted by Crippen LogP contribution is -2.39. The van der Waals surface area contributed by atoms with E-state index >= 15 is 0 Å². The molecule has 0 bridgehead atoms. The van der Waals surface area contributed by atoms with Crippen molar-refractivity contribution in [2.45, 2.75) is 44.7 Å². The van der Waals surface area contributed by atoms with Crippen molar-refractivity contribution in [2.24, 2.45) is 0 Å². The van der Waals surface area contributed by atoms with E-state index in [1.165, 1.54) is 18.4 Å². The van der Waals surface area contributed by atoms with Gasteiger partial charge in [-0.15, -0.1) is 0 Å². The largest absolute Gasteiger partial charge is 0.395 e. The third kappa shape index (κ3) is 3.30. The number of aliphatic hydroxyl groups is 1. The first kappa shape index (κ1) is 12.6. The number of likely N-dealkylation sites (tertiary alicyclic amines) is 1. The minimum atomic E-state index is 0.315. The number of aryl methyl sites for hydroxylation is 1. The van der Waals surface area contributed by atoms with E-state index in [1.807, 2.05) is 0 Å². The molecule has 1 fully saturated rings. The Bertz CT molecular complexity index is 325. The van der Waals surface area contributed by atoms with Crippen molar-refractivity contribution in [3.8, 4) is 0 Å². The molecule has 1 saturated heterocycles. The Morgan fingerprint density at radius 1 is 1.35 bits per heavy atom. The van der Waals surface area contributed by atoms with Gasteiger partial charge in [0.1, 0.15) is 0 Å². The fraction of sp³-hybridized carbons (Fsp3) is 0.600. The van der Waals surface area contributed by atoms with Crippen molar-refractivity contribution < 1.29 is 5.11 Å². The van der Waals surface area contributed by atoms with E-state index in [4.69, 9.17) is 0 Å². The molecule has 1 heterocycles. The summed E-state index contributed by atoms with van der Waals surface area (Å²) in [7, 11) is 0. The van der Waals surface area contributed by atoms with E-state index in [9.17, 15) is 5.11 Å². The van der Waals surface area contributed by atoms with Gasteiger partial charge in [0.15, 0.2) is 0 Å². The molecule has 1 N–H and O–H groups in total. The Labute approximate surface area is 104 Å². The number of hydrogen-bond donors (Lipinski definition) is 1. The lowest BCUT2D eigenvalue weighted by atomic mass is 10.0. The number of benzene rings is 1. The summed E-state index contributed by atoms with van der Waals surface area (Å²) in [5.74, 6) is 0. The minimum Gasteiger partial charge on any atom is -0.395 e. The number of nitrogens with zero attached hydrogens (tertiary/aromatic N) is 1. The molecular weight excluding hydrogens is 210 g/mol. The number of aliphatic hydroxyl groups excluding tert-OH is 1. The summed E-state index contributed by atoms with van der Waals surface area (Å²) in [4.78, 5) is 2.48. The van der Waals surface area contributed by atoms with Crippen LogP contribution >= 0.6 is 0 Å². The second-order valence-corrected chi connectivity index (χ2v) is 5.09. The minimum absolute atomic E-state index is 0.315. The van der Waals surface area contributed by atoms with Crippen LogP contribution in [0.15, 0.2) is 30.3 Å². The summed E-state index contributed by atoms with van der Waals surface area (Å²) in [6, 6.07) is 11.6. The predicted octanol–water partition coefficient (Wildman–Crippen LogP) is 2.46. The number of hydrogen-bond acceptors (Lipinski definition) is 2. The van der Waals surface area contributed by atoms with E-state index in [0.717, 1.165) is 19.4 Å². The molecule has 94 valence electrons. The van der Waals surface area contributed by atoms with Crippen LogP contribution < -0.4 is 0 Å². The van der Waals surface area contributed by atoms with Crippen LogP contribution in [0.25, 0.3) is 0 Å². The molecule has 17 heavy (non-hydrogen) atoms. The molecule has 0 saturated carbocycles. The highest BCUT2D eigenvalue weighted by Gasteiger charge is 2.27. The molecule has 2 rings (SSSR count). The summed E-state index contributed by atoms with van der Waals surface area (Å²) in [6.07, 6.45) is 4.71. The Balaban J connectivity index is 1.83. The highest BCUT2D eigenvalue weighted by molar-refractivity contribution is 5.14. The van der Waals surface area contributed by atoms with Gasteiger partial charge in [-0.25, -0.2) is 0 Å². The topological polar surface area (TPSA) is 23.5 Å². The van der Waals surface area contributed by atoms with Gasteiger partial charge in [0.25, 0.3) is 0 Å². The van der Waals surface area contributed by atoms with Gasteiger partial charge < -0.3 is 5.11 Å². The normalized spacial score (nSPS) is 22.8. The summed E-state index contributed by atoms with van der Waals surface area (Å²) >= 11 is 0. The molecule has 0 amide bonds. The molecule has 0 spiro atoms. The lowest BCUT2D eigenvalue weighted by Gasteiger charge is -2.29. The summed E-state index contributed by atoms with van der Waals surface area (Å²) < 4.78 is 0. The molecule has 1 aliphatic heterocycles. The van der Waals surface area contributed by atoms with Gasteiger partial charge in [-0.2, -0.15) is 0 Å². The van der Waals surface area contributed by atoms with Crippen molar-refractivity contribution in [2.75, 3.05) is 13.2 Å². The first-order chi connectivity index (χ1) is 8.31. The zero-order valence-electron chi connectivity index (χ0n) is 10.7. The van der Waals surface area contributed by atoms with Gasteiger partial charge in [0.2, 0.25) is 0 Å². The molecule has 0 aromatic heterocycles. The average Bonchev–Trinajstić information content (AvgIpc) is 2.85. The molecule has 0 radical (unpaired) electrons. The highest BCUT2D eigenvalue weighted by Crippen LogP contribution is 2.21. The standard InChI is InChI=1S/C15H23NO/c1-13(16-11-5-8-15(16)12-17)9-10-14-6-3-2-4-7-14/h2-4,6-7,13,15,17H,5,8-12H2,1H3/t13-,15+/m1/s1. The van der Waals surface area contributed by atoms with Crippen molar-refractivity contribution in [1.82, 2.24) is 4.90 Å². The summed E-state index contributed by atoms with van der Waals surface area (Å²) in [6.45, 7) is 3.76. The zero-order chi connectivity index (χ0) is 12.1. The van der Waals surface area contributed by atoms with Crippen LogP contribution in [-0.4, -0.2) is 35.2 Å². The van der Waals surface area contributed by atoms with Crippen molar-refractivity contribution in [3.63, 3.8) is 0 Å². The Kier molecular flexibility index (Phi) is 4.57. The molecule has 2 heteroatoms. The summed E-state index contributed by atoms with van der Waals surface area (Å²) in [5.41, 5.74) is 1.42. The van der Waals surface area contributed by atoms with Crippen molar-refractivity contribution in [1.29, 1.82) is 0 Å². The van der Waals surface area contributed by atoms with Crippen LogP contribution in [0.2, 0.25) is 0 Å². The summed E-state index contributed by atoms with van der Waals surface area (Å²) in [5, 5.41) is 9.33. The fourth-order valence-corrected chi connectivity index (χ4v) is 2.82. The van der Waals surface area contributed by atoms with E-state index in [2.05, 4.69) is 42.2 Å². The third-order valence-electron chi connectivity index (χ3n) is 3.89. The quantitative estimate of drug-likeness (QED) is 0.844. The predicted molar refractivity (Wildman–Crippen MR) is 71.0 cm³/mol. The third-order valence-corrected chi connectivity index (χ3v) is 3.89. The van der Waals surface area contributed by atoms with Crippen molar-refractivity contribution >= 4 is 0 Å². The van der Waals surface area contributed by atoms with Crippen LogP contribution in [0.4, 0.5) is 0 Å². The second-order valence-electron chi connectivity index (χ2n) is 5.09. The maximum Gasteiger partial charge on any atom is 0.0586 e. The highest BCUT2D eigenvalue weighted by atomic mass is 16.3. The lowest BCUT2D eigenvalue weighted by molar-refractivity contribution is 0.122. The van der Waals surface area contributed by atoms with Gasteiger partial charge in [-0.05, 0) is 44.7 Å². The molecule has 0 unspecified atom stereocenters. The maximum absolute atomic E-state index is 9.33. The van der Waals surface area contributed by atoms with Gasteiger partial charge in [0.05, 0.1) is 6.61 Å². The monoisotopic (exact) mass is 233 g/mol. The molecule has 2 atom stereocenters. The number of rotatable bonds is 5. The van der Waals surface area contributed by atoms with E-state index in [-0.39, 0.29) is 0 Å². The van der Waals surface area contributed by atoms with Gasteiger partial charge in [-0.3, -0.25) is 4.90 Å². The van der Waals surface area contributed by atoms with Crippen LogP contribution in [0.3, 0.4) is 0 Å². The molecular formula is C15H23NO. The van der Waals surface area contributed by atoms with E-state index in [1.54, 1.807) is 0 Å². The maximum atomic E-state index is 9.33. The molecule has 1 aromatic carbocycles. The van der Waals surface area contributed by atoms with Crippen molar-refractivity contribution in [3.05, 3.63) is 35.9 Å². The van der Waals surface area contributed by atoms with Crippen LogP contribution in [0, 0.1) is 0 Å². The SMILES string of the molecule is C[C@H](CCc1ccccc1)N1CCC[C@H]1CO. The molecule has 2 nitrogen and oxygen atoms in total. The van der Waals surface area contributed by atoms with Crippen LogP contribution in [0.1, 0.15) is 31.7 Å². The first-order valence-electron chi connectivity index (χ1n) is 6.72. The Morgan fingerprint density at radius 3 is 2.82 bits per heavy atom. The fourth-order valence-electron chi connectivity index (χ4n) is 2.82. The smallest absolute Gasteiger partial charge is 0.0586 e. The molecule has 1 aromatic rings. The Hall–Kier alpha value is -0.860. The van der Waals surface area contributed by atoms with Gasteiger partial charge in [-0.1, -0.05) is 30.3 Å². The average molecular weight is 233 g/mol. The second kappa shape index (κ2) is 6.18. The van der Waals surface area contributed by atoms with E-state index < -0.39 is 0 Å². The van der Waals surface area contributed by atoms with Crippen LogP contribution in [-0.2, 0) is 6.42 Å². The zero-order valence-corrected chi connectivity index (χ0v) is 10.7. The molecule has 1 aliphatic rings. The van der Waals surface area contributed by atoms with Gasteiger partial charge in [0, 0.05) is 12.1 Å². The Morgan fingerprint density at radius 2 is 2.12 bits per heavy atom. The van der Waals surface area contributed by atoms with E-state index in [0.29, 0.717) is 18.7 Å².